The number of carbonyl (C=O) groups is 2. The maximum absolute atomic E-state index is 12.3. The van der Waals surface area contributed by atoms with Crippen LogP contribution in [-0.4, -0.2) is 21.5 Å². The Morgan fingerprint density at radius 1 is 0.880 bits per heavy atom. The normalized spacial score (nSPS) is 10.1. The zero-order valence-corrected chi connectivity index (χ0v) is 14.3. The van der Waals surface area contributed by atoms with Gasteiger partial charge in [0.15, 0.2) is 10.7 Å². The van der Waals surface area contributed by atoms with Crippen molar-refractivity contribution in [2.45, 2.75) is 0 Å². The van der Waals surface area contributed by atoms with Gasteiger partial charge in [-0.1, -0.05) is 34.3 Å². The van der Waals surface area contributed by atoms with Crippen molar-refractivity contribution >= 4 is 51.4 Å². The van der Waals surface area contributed by atoms with Gasteiger partial charge >= 0.3 is 6.03 Å². The van der Waals surface area contributed by atoms with Gasteiger partial charge in [0, 0.05) is 27.9 Å². The van der Waals surface area contributed by atoms with Gasteiger partial charge in [-0.2, -0.15) is 0 Å². The molecule has 0 radical (unpaired) electrons. The number of rotatable bonds is 4. The summed E-state index contributed by atoms with van der Waals surface area (Å²) in [6.07, 6.45) is 0. The molecule has 0 spiro atoms. The highest BCUT2D eigenvalue weighted by molar-refractivity contribution is 7.10. The first kappa shape index (κ1) is 16.9. The predicted octanol–water partition coefficient (Wildman–Crippen LogP) is 4.09. The summed E-state index contributed by atoms with van der Waals surface area (Å²) in [6, 6.07) is 15.1. The largest absolute Gasteiger partial charge is 0.324 e. The van der Waals surface area contributed by atoms with Crippen LogP contribution in [0.3, 0.4) is 0 Å². The first-order valence-electron chi connectivity index (χ1n) is 7.14. The number of anilines is 3. The van der Waals surface area contributed by atoms with Crippen LogP contribution in [0.25, 0.3) is 0 Å². The fraction of sp³-hybridized carbons (Fsp3) is 0. The molecule has 0 unspecified atom stereocenters. The molecule has 0 aliphatic carbocycles. The van der Waals surface area contributed by atoms with Crippen LogP contribution >= 0.6 is 23.1 Å². The molecule has 0 aliphatic heterocycles. The van der Waals surface area contributed by atoms with E-state index in [0.717, 1.165) is 11.5 Å². The predicted molar refractivity (Wildman–Crippen MR) is 98.4 cm³/mol. The standard InChI is InChI=1S/C16H12ClN5O2S/c17-10-6-8-12(9-7-10)19-16(24)20-15-13(21-22-25-15)14(23)18-11-4-2-1-3-5-11/h1-9H,(H,18,23)(H2,19,20,24). The third-order valence-electron chi connectivity index (χ3n) is 3.06. The quantitative estimate of drug-likeness (QED) is 0.641. The second-order valence-corrected chi connectivity index (χ2v) is 6.05. The molecule has 0 saturated carbocycles. The molecule has 0 bridgehead atoms. The van der Waals surface area contributed by atoms with E-state index < -0.39 is 11.9 Å². The number of carbonyl (C=O) groups excluding carboxylic acids is 2. The van der Waals surface area contributed by atoms with Crippen LogP contribution in [0.1, 0.15) is 10.5 Å². The highest BCUT2D eigenvalue weighted by Gasteiger charge is 2.18. The van der Waals surface area contributed by atoms with Crippen LogP contribution < -0.4 is 16.0 Å². The summed E-state index contributed by atoms with van der Waals surface area (Å²) < 4.78 is 3.73. The molecule has 9 heteroatoms. The van der Waals surface area contributed by atoms with Gasteiger partial charge in [-0.25, -0.2) is 4.79 Å². The van der Waals surface area contributed by atoms with E-state index in [1.165, 1.54) is 0 Å². The lowest BCUT2D eigenvalue weighted by molar-refractivity contribution is 0.102. The maximum Gasteiger partial charge on any atom is 0.324 e. The Balaban J connectivity index is 1.65. The van der Waals surface area contributed by atoms with Crippen molar-refractivity contribution in [1.29, 1.82) is 0 Å². The van der Waals surface area contributed by atoms with Crippen LogP contribution in [0.15, 0.2) is 54.6 Å². The fourth-order valence-electron chi connectivity index (χ4n) is 1.93. The summed E-state index contributed by atoms with van der Waals surface area (Å²) in [5.41, 5.74) is 1.23. The second kappa shape index (κ2) is 7.73. The summed E-state index contributed by atoms with van der Waals surface area (Å²) in [5.74, 6) is -0.457. The molecule has 0 saturated heterocycles. The zero-order valence-electron chi connectivity index (χ0n) is 12.7. The summed E-state index contributed by atoms with van der Waals surface area (Å²) in [7, 11) is 0. The number of nitrogens with one attached hydrogen (secondary N) is 3. The SMILES string of the molecule is O=C(Nc1ccc(Cl)cc1)Nc1snnc1C(=O)Nc1ccccc1. The minimum absolute atomic E-state index is 0.0418. The number of hydrogen-bond acceptors (Lipinski definition) is 5. The topological polar surface area (TPSA) is 96.0 Å². The molecule has 7 nitrogen and oxygen atoms in total. The van der Waals surface area contributed by atoms with Gasteiger partial charge in [-0.3, -0.25) is 10.1 Å². The smallest absolute Gasteiger partial charge is 0.321 e. The number of para-hydroxylation sites is 1. The van der Waals surface area contributed by atoms with Crippen molar-refractivity contribution in [2.24, 2.45) is 0 Å². The molecular formula is C16H12ClN5O2S. The number of halogens is 1. The van der Waals surface area contributed by atoms with E-state index in [0.29, 0.717) is 16.4 Å². The average molecular weight is 374 g/mol. The molecule has 1 heterocycles. The van der Waals surface area contributed by atoms with Crippen molar-refractivity contribution in [2.75, 3.05) is 16.0 Å². The average Bonchev–Trinajstić information content (AvgIpc) is 3.06. The molecule has 3 aromatic rings. The van der Waals surface area contributed by atoms with Crippen molar-refractivity contribution in [3.8, 4) is 0 Å². The van der Waals surface area contributed by atoms with Gasteiger partial charge in [0.1, 0.15) is 0 Å². The molecule has 0 atom stereocenters. The van der Waals surface area contributed by atoms with Gasteiger partial charge in [-0.05, 0) is 36.4 Å². The monoisotopic (exact) mass is 373 g/mol. The number of aromatic nitrogens is 2. The van der Waals surface area contributed by atoms with Crippen LogP contribution in [0.4, 0.5) is 21.2 Å². The molecule has 0 fully saturated rings. The number of urea groups is 1. The number of amides is 3. The Morgan fingerprint density at radius 2 is 1.56 bits per heavy atom. The third-order valence-corrected chi connectivity index (χ3v) is 3.96. The van der Waals surface area contributed by atoms with Crippen molar-refractivity contribution in [1.82, 2.24) is 9.59 Å². The Hall–Kier alpha value is -2.97. The minimum atomic E-state index is -0.512. The first-order chi connectivity index (χ1) is 12.1. The van der Waals surface area contributed by atoms with E-state index in [1.807, 2.05) is 6.07 Å². The van der Waals surface area contributed by atoms with Crippen LogP contribution in [-0.2, 0) is 0 Å². The lowest BCUT2D eigenvalue weighted by Crippen LogP contribution is -2.21. The Bertz CT molecular complexity index is 883. The summed E-state index contributed by atoms with van der Waals surface area (Å²) in [4.78, 5) is 24.3. The molecular weight excluding hydrogens is 362 g/mol. The first-order valence-corrected chi connectivity index (χ1v) is 8.29. The van der Waals surface area contributed by atoms with E-state index in [4.69, 9.17) is 11.6 Å². The molecule has 126 valence electrons. The van der Waals surface area contributed by atoms with Crippen LogP contribution in [0, 0.1) is 0 Å². The lowest BCUT2D eigenvalue weighted by atomic mass is 10.3. The number of hydrogen-bond donors (Lipinski definition) is 3. The molecule has 0 aliphatic rings. The van der Waals surface area contributed by atoms with Crippen molar-refractivity contribution < 1.29 is 9.59 Å². The van der Waals surface area contributed by atoms with E-state index >= 15 is 0 Å². The van der Waals surface area contributed by atoms with Crippen molar-refractivity contribution in [3.63, 3.8) is 0 Å². The van der Waals surface area contributed by atoms with Gasteiger partial charge < -0.3 is 10.6 Å². The van der Waals surface area contributed by atoms with Crippen LogP contribution in [0.2, 0.25) is 5.02 Å². The van der Waals surface area contributed by atoms with Crippen LogP contribution in [0.5, 0.6) is 0 Å². The zero-order chi connectivity index (χ0) is 17.6. The minimum Gasteiger partial charge on any atom is -0.321 e. The molecule has 25 heavy (non-hydrogen) atoms. The molecule has 3 N–H and O–H groups in total. The van der Waals surface area contributed by atoms with Gasteiger partial charge in [0.05, 0.1) is 0 Å². The maximum atomic E-state index is 12.3. The highest BCUT2D eigenvalue weighted by Crippen LogP contribution is 2.20. The fourth-order valence-corrected chi connectivity index (χ4v) is 2.62. The van der Waals surface area contributed by atoms with Crippen molar-refractivity contribution in [3.05, 3.63) is 65.3 Å². The van der Waals surface area contributed by atoms with Gasteiger partial charge in [0.25, 0.3) is 5.91 Å². The number of nitrogens with zero attached hydrogens (tertiary/aromatic N) is 2. The summed E-state index contributed by atoms with van der Waals surface area (Å²) >= 11 is 6.71. The van der Waals surface area contributed by atoms with E-state index in [-0.39, 0.29) is 10.7 Å². The highest BCUT2D eigenvalue weighted by atomic mass is 35.5. The van der Waals surface area contributed by atoms with Gasteiger partial charge in [-0.15, -0.1) is 5.10 Å². The lowest BCUT2D eigenvalue weighted by Gasteiger charge is -2.07. The Morgan fingerprint density at radius 3 is 2.28 bits per heavy atom. The summed E-state index contributed by atoms with van der Waals surface area (Å²) in [6.45, 7) is 0. The molecule has 3 amide bonds. The number of benzene rings is 2. The molecule has 2 aromatic carbocycles. The third kappa shape index (κ3) is 4.52. The van der Waals surface area contributed by atoms with E-state index in [1.54, 1.807) is 48.5 Å². The summed E-state index contributed by atoms with van der Waals surface area (Å²) in [5, 5.41) is 12.5. The Labute approximate surface area is 152 Å². The molecule has 3 rings (SSSR count). The molecule has 1 aromatic heterocycles. The van der Waals surface area contributed by atoms with E-state index in [2.05, 4.69) is 25.5 Å². The second-order valence-electron chi connectivity index (χ2n) is 4.86. The van der Waals surface area contributed by atoms with E-state index in [9.17, 15) is 9.59 Å². The Kier molecular flexibility index (Phi) is 5.22. The van der Waals surface area contributed by atoms with Gasteiger partial charge in [0.2, 0.25) is 0 Å².